The van der Waals surface area contributed by atoms with Gasteiger partial charge in [0.2, 0.25) is 0 Å². The molecular formula is C7H5ClINO2. The van der Waals surface area contributed by atoms with Gasteiger partial charge in [-0.1, -0.05) is 11.6 Å². The van der Waals surface area contributed by atoms with E-state index in [-0.39, 0.29) is 10.7 Å². The fraction of sp³-hybridized carbons (Fsp3) is 0.143. The third kappa shape index (κ3) is 1.69. The highest BCUT2D eigenvalue weighted by Crippen LogP contribution is 2.30. The number of benzene rings is 1. The Kier molecular flexibility index (Phi) is 2.89. The monoisotopic (exact) mass is 297 g/mol. The number of nitro groups is 1. The molecular weight excluding hydrogens is 292 g/mol. The molecule has 0 aromatic heterocycles. The van der Waals surface area contributed by atoms with E-state index in [0.717, 1.165) is 9.13 Å². The molecule has 0 unspecified atom stereocenters. The van der Waals surface area contributed by atoms with Gasteiger partial charge in [-0.15, -0.1) is 0 Å². The first-order valence-corrected chi connectivity index (χ1v) is 4.58. The van der Waals surface area contributed by atoms with E-state index >= 15 is 0 Å². The lowest BCUT2D eigenvalue weighted by atomic mass is 10.2. The summed E-state index contributed by atoms with van der Waals surface area (Å²) in [4.78, 5) is 9.92. The molecule has 64 valence electrons. The Morgan fingerprint density at radius 3 is 2.67 bits per heavy atom. The summed E-state index contributed by atoms with van der Waals surface area (Å²) in [5.41, 5.74) is 0.723. The van der Waals surface area contributed by atoms with Crippen LogP contribution in [0.25, 0.3) is 0 Å². The van der Waals surface area contributed by atoms with Crippen molar-refractivity contribution < 1.29 is 4.92 Å². The highest BCUT2D eigenvalue weighted by Gasteiger charge is 2.14. The fourth-order valence-electron chi connectivity index (χ4n) is 0.788. The average Bonchev–Trinajstić information content (AvgIpc) is 2.00. The molecule has 0 radical (unpaired) electrons. The maximum absolute atomic E-state index is 10.4. The second kappa shape index (κ2) is 3.57. The standard InChI is InChI=1S/C7H5ClINO2/c1-4-5(9)2-3-6(7(4)8)10(11)12/h2-3H,1H3. The quantitative estimate of drug-likeness (QED) is 0.454. The normalized spacial score (nSPS) is 9.92. The Labute approximate surface area is 88.0 Å². The van der Waals surface area contributed by atoms with Crippen LogP contribution in [0.5, 0.6) is 0 Å². The summed E-state index contributed by atoms with van der Waals surface area (Å²) in [6.45, 7) is 1.76. The third-order valence-electron chi connectivity index (χ3n) is 1.50. The first-order chi connectivity index (χ1) is 5.54. The summed E-state index contributed by atoms with van der Waals surface area (Å²) >= 11 is 7.83. The summed E-state index contributed by atoms with van der Waals surface area (Å²) in [5.74, 6) is 0. The van der Waals surface area contributed by atoms with Crippen molar-refractivity contribution in [3.63, 3.8) is 0 Å². The summed E-state index contributed by atoms with van der Waals surface area (Å²) in [6, 6.07) is 3.09. The summed E-state index contributed by atoms with van der Waals surface area (Å²) in [6.07, 6.45) is 0. The Morgan fingerprint density at radius 2 is 2.17 bits per heavy atom. The molecule has 0 aliphatic rings. The van der Waals surface area contributed by atoms with Gasteiger partial charge in [0.25, 0.3) is 5.69 Å². The molecule has 1 aromatic carbocycles. The Hall–Kier alpha value is -0.360. The van der Waals surface area contributed by atoms with Crippen LogP contribution in [0.4, 0.5) is 5.69 Å². The van der Waals surface area contributed by atoms with E-state index in [9.17, 15) is 10.1 Å². The topological polar surface area (TPSA) is 43.1 Å². The molecule has 0 aliphatic carbocycles. The SMILES string of the molecule is Cc1c(I)ccc([N+](=O)[O-])c1Cl. The van der Waals surface area contributed by atoms with Crippen molar-refractivity contribution in [2.75, 3.05) is 0 Å². The minimum Gasteiger partial charge on any atom is -0.258 e. The van der Waals surface area contributed by atoms with Crippen molar-refractivity contribution >= 4 is 39.9 Å². The Balaban J connectivity index is 3.36. The van der Waals surface area contributed by atoms with Crippen LogP contribution in [0.1, 0.15) is 5.56 Å². The predicted octanol–water partition coefficient (Wildman–Crippen LogP) is 3.16. The van der Waals surface area contributed by atoms with Gasteiger partial charge in [0.1, 0.15) is 5.02 Å². The van der Waals surface area contributed by atoms with Crippen LogP contribution in [-0.4, -0.2) is 4.92 Å². The smallest absolute Gasteiger partial charge is 0.258 e. The van der Waals surface area contributed by atoms with E-state index in [2.05, 4.69) is 22.6 Å². The molecule has 0 saturated carbocycles. The van der Waals surface area contributed by atoms with E-state index < -0.39 is 4.92 Å². The van der Waals surface area contributed by atoms with E-state index in [0.29, 0.717) is 0 Å². The maximum atomic E-state index is 10.4. The van der Waals surface area contributed by atoms with Gasteiger partial charge < -0.3 is 0 Å². The molecule has 12 heavy (non-hydrogen) atoms. The van der Waals surface area contributed by atoms with Crippen LogP contribution in [0, 0.1) is 20.6 Å². The second-order valence-electron chi connectivity index (χ2n) is 2.26. The number of hydrogen-bond acceptors (Lipinski definition) is 2. The number of halogens is 2. The van der Waals surface area contributed by atoms with E-state index in [1.165, 1.54) is 6.07 Å². The zero-order chi connectivity index (χ0) is 9.30. The van der Waals surface area contributed by atoms with Crippen LogP contribution in [0.15, 0.2) is 12.1 Å². The van der Waals surface area contributed by atoms with Crippen LogP contribution in [0.3, 0.4) is 0 Å². The minimum absolute atomic E-state index is 0.0328. The lowest BCUT2D eigenvalue weighted by Crippen LogP contribution is -1.92. The highest BCUT2D eigenvalue weighted by atomic mass is 127. The minimum atomic E-state index is -0.481. The van der Waals surface area contributed by atoms with Gasteiger partial charge in [0.15, 0.2) is 0 Å². The van der Waals surface area contributed by atoms with Crippen molar-refractivity contribution in [2.24, 2.45) is 0 Å². The fourth-order valence-corrected chi connectivity index (χ4v) is 1.63. The predicted molar refractivity (Wildman–Crippen MR) is 55.6 cm³/mol. The Bertz CT molecular complexity index is 340. The van der Waals surface area contributed by atoms with Crippen molar-refractivity contribution in [1.29, 1.82) is 0 Å². The molecule has 0 amide bonds. The van der Waals surface area contributed by atoms with E-state index in [1.54, 1.807) is 13.0 Å². The molecule has 0 N–H and O–H groups in total. The van der Waals surface area contributed by atoms with E-state index in [1.807, 2.05) is 0 Å². The van der Waals surface area contributed by atoms with Crippen molar-refractivity contribution in [1.82, 2.24) is 0 Å². The molecule has 1 aromatic rings. The molecule has 0 aliphatic heterocycles. The van der Waals surface area contributed by atoms with Gasteiger partial charge in [0.05, 0.1) is 4.92 Å². The van der Waals surface area contributed by atoms with Gasteiger partial charge in [-0.05, 0) is 41.1 Å². The molecule has 0 fully saturated rings. The molecule has 0 spiro atoms. The number of rotatable bonds is 1. The number of nitro benzene ring substituents is 1. The Morgan fingerprint density at radius 1 is 1.58 bits per heavy atom. The molecule has 0 atom stereocenters. The lowest BCUT2D eigenvalue weighted by molar-refractivity contribution is -0.384. The maximum Gasteiger partial charge on any atom is 0.288 e. The number of nitrogens with zero attached hydrogens (tertiary/aromatic N) is 1. The van der Waals surface area contributed by atoms with Crippen molar-refractivity contribution in [3.8, 4) is 0 Å². The second-order valence-corrected chi connectivity index (χ2v) is 3.80. The largest absolute Gasteiger partial charge is 0.288 e. The zero-order valence-corrected chi connectivity index (χ0v) is 9.09. The van der Waals surface area contributed by atoms with Crippen molar-refractivity contribution in [3.05, 3.63) is 36.4 Å². The van der Waals surface area contributed by atoms with Gasteiger partial charge in [0, 0.05) is 9.64 Å². The van der Waals surface area contributed by atoms with Crippen molar-refractivity contribution in [2.45, 2.75) is 6.92 Å². The van der Waals surface area contributed by atoms with Crippen LogP contribution < -0.4 is 0 Å². The van der Waals surface area contributed by atoms with Crippen LogP contribution in [-0.2, 0) is 0 Å². The number of hydrogen-bond donors (Lipinski definition) is 0. The first-order valence-electron chi connectivity index (χ1n) is 3.13. The van der Waals surface area contributed by atoms with Gasteiger partial charge >= 0.3 is 0 Å². The molecule has 0 heterocycles. The third-order valence-corrected chi connectivity index (χ3v) is 3.14. The molecule has 5 heteroatoms. The molecule has 0 saturated heterocycles. The summed E-state index contributed by atoms with van der Waals surface area (Å²) < 4.78 is 0.934. The average molecular weight is 297 g/mol. The van der Waals surface area contributed by atoms with Crippen LogP contribution >= 0.6 is 34.2 Å². The highest BCUT2D eigenvalue weighted by molar-refractivity contribution is 14.1. The molecule has 0 bridgehead atoms. The van der Waals surface area contributed by atoms with Gasteiger partial charge in [-0.25, -0.2) is 0 Å². The van der Waals surface area contributed by atoms with E-state index in [4.69, 9.17) is 11.6 Å². The van der Waals surface area contributed by atoms with Gasteiger partial charge in [-0.2, -0.15) is 0 Å². The summed E-state index contributed by atoms with van der Waals surface area (Å²) in [7, 11) is 0. The van der Waals surface area contributed by atoms with Gasteiger partial charge in [-0.3, -0.25) is 10.1 Å². The molecule has 3 nitrogen and oxygen atoms in total. The summed E-state index contributed by atoms with van der Waals surface area (Å²) in [5, 5.41) is 10.6. The lowest BCUT2D eigenvalue weighted by Gasteiger charge is -2.00. The van der Waals surface area contributed by atoms with Crippen LogP contribution in [0.2, 0.25) is 5.02 Å². The first kappa shape index (κ1) is 9.73. The molecule has 1 rings (SSSR count). The zero-order valence-electron chi connectivity index (χ0n) is 6.17.